The highest BCUT2D eigenvalue weighted by Gasteiger charge is 2.22. The Labute approximate surface area is 225 Å². The van der Waals surface area contributed by atoms with E-state index in [1.165, 1.54) is 11.7 Å². The second kappa shape index (κ2) is 10.7. The number of amides is 1. The van der Waals surface area contributed by atoms with Crippen LogP contribution in [0.4, 0.5) is 11.6 Å². The molecule has 0 aliphatic carbocycles. The number of hydrogen-bond donors (Lipinski definition) is 2. The van der Waals surface area contributed by atoms with Crippen molar-refractivity contribution in [1.82, 2.24) is 34.5 Å². The molecule has 204 valence electrons. The summed E-state index contributed by atoms with van der Waals surface area (Å²) in [6, 6.07) is 5.36. The van der Waals surface area contributed by atoms with Crippen molar-refractivity contribution < 1.29 is 14.3 Å². The fourth-order valence-corrected chi connectivity index (χ4v) is 4.83. The second-order valence-electron chi connectivity index (χ2n) is 9.69. The minimum absolute atomic E-state index is 0.134. The molecule has 1 amide bonds. The van der Waals surface area contributed by atoms with Gasteiger partial charge in [-0.1, -0.05) is 0 Å². The number of methoxy groups -OCH3 is 2. The number of likely N-dealkylation sites (tertiary alicyclic amines) is 1. The smallest absolute Gasteiger partial charge is 0.293 e. The first-order valence-corrected chi connectivity index (χ1v) is 12.7. The number of piperidine rings is 1. The zero-order chi connectivity index (χ0) is 27.7. The molecule has 0 atom stereocenters. The third-order valence-corrected chi connectivity index (χ3v) is 7.06. The van der Waals surface area contributed by atoms with Gasteiger partial charge in [0.25, 0.3) is 11.5 Å². The van der Waals surface area contributed by atoms with E-state index in [0.29, 0.717) is 39.2 Å². The summed E-state index contributed by atoms with van der Waals surface area (Å²) < 4.78 is 14.2. The predicted molar refractivity (Wildman–Crippen MR) is 148 cm³/mol. The van der Waals surface area contributed by atoms with Crippen LogP contribution in [-0.2, 0) is 14.1 Å². The molecule has 0 saturated carbocycles. The number of carbonyl (C=O) groups is 1. The molecule has 0 spiro atoms. The van der Waals surface area contributed by atoms with Crippen LogP contribution in [0.2, 0.25) is 0 Å². The third-order valence-electron chi connectivity index (χ3n) is 7.06. The first-order chi connectivity index (χ1) is 18.8. The van der Waals surface area contributed by atoms with Gasteiger partial charge in [-0.15, -0.1) is 0 Å². The van der Waals surface area contributed by atoms with Crippen LogP contribution < -0.4 is 25.7 Å². The molecule has 5 rings (SSSR count). The number of aromatic nitrogens is 5. The molecule has 0 unspecified atom stereocenters. The number of benzene rings is 1. The van der Waals surface area contributed by atoms with Crippen LogP contribution in [0.3, 0.4) is 0 Å². The maximum atomic E-state index is 13.0. The van der Waals surface area contributed by atoms with Gasteiger partial charge in [-0.3, -0.25) is 14.3 Å². The first-order valence-electron chi connectivity index (χ1n) is 12.7. The number of carbonyl (C=O) groups excluding carboxylic acids is 1. The molecule has 2 N–H and O–H groups in total. The lowest BCUT2D eigenvalue weighted by atomic mass is 10.0. The summed E-state index contributed by atoms with van der Waals surface area (Å²) in [6.07, 6.45) is 6.89. The summed E-state index contributed by atoms with van der Waals surface area (Å²) in [6.45, 7) is 1.93. The van der Waals surface area contributed by atoms with E-state index in [1.54, 1.807) is 62.7 Å². The minimum Gasteiger partial charge on any atom is -0.495 e. The molecule has 12 nitrogen and oxygen atoms in total. The van der Waals surface area contributed by atoms with E-state index in [0.717, 1.165) is 25.9 Å². The molecule has 1 saturated heterocycles. The number of ether oxygens (including phenoxy) is 2. The Kier molecular flexibility index (Phi) is 7.20. The zero-order valence-corrected chi connectivity index (χ0v) is 22.7. The van der Waals surface area contributed by atoms with Crippen molar-refractivity contribution >= 4 is 28.6 Å². The standard InChI is InChI=1S/C27H32N8O4/c1-33-10-8-18(9-11-33)30-25(36)16-6-7-19(21(12-16)38-4)31-27-28-14-20-23(32-27)22(17-13-29-34(2)15-17)24(39-5)26(37)35(20)3/h6-7,12-15,18H,8-11H2,1-5H3,(H,30,36)(H,28,31,32). The van der Waals surface area contributed by atoms with Crippen molar-refractivity contribution in [2.24, 2.45) is 14.1 Å². The summed E-state index contributed by atoms with van der Waals surface area (Å²) in [5.41, 5.74) is 3.08. The lowest BCUT2D eigenvalue weighted by Crippen LogP contribution is -2.43. The monoisotopic (exact) mass is 532 g/mol. The number of nitrogens with one attached hydrogen (secondary N) is 2. The molecule has 39 heavy (non-hydrogen) atoms. The molecule has 1 aliphatic rings. The summed E-state index contributed by atoms with van der Waals surface area (Å²) >= 11 is 0. The summed E-state index contributed by atoms with van der Waals surface area (Å²) in [5.74, 6) is 0.793. The Balaban J connectivity index is 1.47. The maximum Gasteiger partial charge on any atom is 0.293 e. The van der Waals surface area contributed by atoms with Crippen molar-refractivity contribution in [3.05, 3.63) is 52.7 Å². The number of fused-ring (bicyclic) bond motifs is 1. The quantitative estimate of drug-likeness (QED) is 0.368. The van der Waals surface area contributed by atoms with E-state index in [-0.39, 0.29) is 29.2 Å². The molecule has 3 aromatic heterocycles. The van der Waals surface area contributed by atoms with Gasteiger partial charge in [-0.2, -0.15) is 5.10 Å². The van der Waals surface area contributed by atoms with Gasteiger partial charge in [-0.25, -0.2) is 9.97 Å². The number of aryl methyl sites for hydroxylation is 2. The van der Waals surface area contributed by atoms with Gasteiger partial charge < -0.3 is 29.6 Å². The van der Waals surface area contributed by atoms with Crippen molar-refractivity contribution in [2.45, 2.75) is 18.9 Å². The molecule has 1 fully saturated rings. The summed E-state index contributed by atoms with van der Waals surface area (Å²) in [4.78, 5) is 37.3. The van der Waals surface area contributed by atoms with Gasteiger partial charge in [0, 0.05) is 37.5 Å². The highest BCUT2D eigenvalue weighted by molar-refractivity contribution is 5.96. The fraction of sp³-hybridized carbons (Fsp3) is 0.370. The van der Waals surface area contributed by atoms with E-state index in [2.05, 4.69) is 32.7 Å². The first kappa shape index (κ1) is 26.2. The number of nitrogens with zero attached hydrogens (tertiary/aromatic N) is 6. The van der Waals surface area contributed by atoms with E-state index in [9.17, 15) is 9.59 Å². The van der Waals surface area contributed by atoms with Gasteiger partial charge in [-0.05, 0) is 51.2 Å². The predicted octanol–water partition coefficient (Wildman–Crippen LogP) is 2.31. The lowest BCUT2D eigenvalue weighted by molar-refractivity contribution is 0.0916. The zero-order valence-electron chi connectivity index (χ0n) is 22.7. The van der Waals surface area contributed by atoms with Gasteiger partial charge in [0.1, 0.15) is 11.3 Å². The van der Waals surface area contributed by atoms with Crippen molar-refractivity contribution in [1.29, 1.82) is 0 Å². The van der Waals surface area contributed by atoms with Crippen molar-refractivity contribution in [3.63, 3.8) is 0 Å². The van der Waals surface area contributed by atoms with Gasteiger partial charge in [0.2, 0.25) is 5.95 Å². The van der Waals surface area contributed by atoms with Crippen LogP contribution in [0.1, 0.15) is 23.2 Å². The number of pyridine rings is 1. The molecule has 0 radical (unpaired) electrons. The molecule has 0 bridgehead atoms. The minimum atomic E-state index is -0.302. The second-order valence-corrected chi connectivity index (χ2v) is 9.69. The number of hydrogen-bond acceptors (Lipinski definition) is 9. The van der Waals surface area contributed by atoms with Crippen LogP contribution >= 0.6 is 0 Å². The van der Waals surface area contributed by atoms with Crippen LogP contribution in [0.15, 0.2) is 41.6 Å². The normalized spacial score (nSPS) is 14.4. The third kappa shape index (κ3) is 5.15. The van der Waals surface area contributed by atoms with Gasteiger partial charge in [0.05, 0.1) is 43.4 Å². The van der Waals surface area contributed by atoms with Gasteiger partial charge in [0.15, 0.2) is 5.75 Å². The summed E-state index contributed by atoms with van der Waals surface area (Å²) in [7, 11) is 8.53. The van der Waals surface area contributed by atoms with Crippen molar-refractivity contribution in [2.75, 3.05) is 39.7 Å². The Morgan fingerprint density at radius 1 is 1.08 bits per heavy atom. The highest BCUT2D eigenvalue weighted by atomic mass is 16.5. The van der Waals surface area contributed by atoms with E-state index in [4.69, 9.17) is 14.5 Å². The average molecular weight is 533 g/mol. The Bertz CT molecular complexity index is 1590. The average Bonchev–Trinajstić information content (AvgIpc) is 3.37. The van der Waals surface area contributed by atoms with Crippen molar-refractivity contribution in [3.8, 4) is 22.6 Å². The molecule has 4 aromatic rings. The SMILES string of the molecule is COc1cc(C(=O)NC2CCN(C)CC2)ccc1Nc1ncc2c(n1)c(-c1cnn(C)c1)c(OC)c(=O)n2C. The Morgan fingerprint density at radius 2 is 1.85 bits per heavy atom. The van der Waals surface area contributed by atoms with Gasteiger partial charge >= 0.3 is 0 Å². The fourth-order valence-electron chi connectivity index (χ4n) is 4.83. The maximum absolute atomic E-state index is 13.0. The molecule has 1 aromatic carbocycles. The van der Waals surface area contributed by atoms with Crippen LogP contribution in [0, 0.1) is 0 Å². The highest BCUT2D eigenvalue weighted by Crippen LogP contribution is 2.34. The topological polar surface area (TPSA) is 128 Å². The number of rotatable bonds is 7. The van der Waals surface area contributed by atoms with Crippen LogP contribution in [0.5, 0.6) is 11.5 Å². The largest absolute Gasteiger partial charge is 0.495 e. The molecular formula is C27H32N8O4. The molecule has 12 heteroatoms. The van der Waals surface area contributed by atoms with E-state index >= 15 is 0 Å². The molecule has 4 heterocycles. The van der Waals surface area contributed by atoms with E-state index in [1.807, 2.05) is 0 Å². The molecule has 1 aliphatic heterocycles. The lowest BCUT2D eigenvalue weighted by Gasteiger charge is -2.29. The molecular weight excluding hydrogens is 500 g/mol. The number of anilines is 2. The summed E-state index contributed by atoms with van der Waals surface area (Å²) in [5, 5.41) is 10.6. The Hall–Kier alpha value is -4.45. The Morgan fingerprint density at radius 3 is 2.51 bits per heavy atom. The van der Waals surface area contributed by atoms with Crippen LogP contribution in [-0.4, -0.2) is 75.5 Å². The van der Waals surface area contributed by atoms with E-state index < -0.39 is 0 Å². The van der Waals surface area contributed by atoms with Crippen LogP contribution in [0.25, 0.3) is 22.2 Å².